The summed E-state index contributed by atoms with van der Waals surface area (Å²) in [6.45, 7) is 7.60. The molecule has 12 heteroatoms. The van der Waals surface area contributed by atoms with Gasteiger partial charge in [-0.05, 0) is 56.9 Å². The van der Waals surface area contributed by atoms with E-state index in [0.29, 0.717) is 6.54 Å². The Morgan fingerprint density at radius 2 is 1.62 bits per heavy atom. The van der Waals surface area contributed by atoms with Crippen LogP contribution >= 0.6 is 0 Å². The lowest BCUT2D eigenvalue weighted by Crippen LogP contribution is -2.55. The number of nitrogens with one attached hydrogen (secondary N) is 3. The Morgan fingerprint density at radius 1 is 0.975 bits per heavy atom. The molecule has 0 fully saturated rings. The van der Waals surface area contributed by atoms with Crippen molar-refractivity contribution in [3.05, 3.63) is 65.7 Å². The molecule has 2 aromatic carbocycles. The molecule has 0 spiro atoms. The fourth-order valence-electron chi connectivity index (χ4n) is 3.79. The minimum absolute atomic E-state index is 0.00477. The zero-order chi connectivity index (χ0) is 29.8. The number of unbranched alkanes of at least 4 members (excludes halogenated alkanes) is 2. The Balaban J connectivity index is 2.27. The number of imide groups is 1. The van der Waals surface area contributed by atoms with Gasteiger partial charge in [0.05, 0.1) is 5.69 Å². The van der Waals surface area contributed by atoms with Crippen LogP contribution in [0.4, 0.5) is 15.3 Å². The monoisotopic (exact) mass is 576 g/mol. The number of rotatable bonds is 13. The fraction of sp³-hybridized carbons (Fsp3) is 0.464. The van der Waals surface area contributed by atoms with E-state index in [1.165, 1.54) is 12.1 Å². The van der Waals surface area contributed by atoms with E-state index in [0.717, 1.165) is 35.3 Å². The summed E-state index contributed by atoms with van der Waals surface area (Å²) < 4.78 is 38.4. The molecular weight excluding hydrogens is 536 g/mol. The molecule has 0 bridgehead atoms. The van der Waals surface area contributed by atoms with Crippen LogP contribution in [0.3, 0.4) is 0 Å². The maximum atomic E-state index is 13.8. The lowest BCUT2D eigenvalue weighted by Gasteiger charge is -2.28. The van der Waals surface area contributed by atoms with E-state index in [2.05, 4.69) is 10.6 Å². The maximum absolute atomic E-state index is 13.8. The third kappa shape index (κ3) is 12.5. The second-order valence-electron chi connectivity index (χ2n) is 10.3. The smallest absolute Gasteiger partial charge is 0.408 e. The van der Waals surface area contributed by atoms with Crippen molar-refractivity contribution in [2.24, 2.45) is 0 Å². The van der Waals surface area contributed by atoms with Crippen LogP contribution in [-0.4, -0.2) is 60.6 Å². The van der Waals surface area contributed by atoms with Gasteiger partial charge in [-0.2, -0.15) is 8.42 Å². The number of carbonyl (C=O) groups excluding carboxylic acids is 3. The number of amides is 4. The molecule has 0 saturated carbocycles. The third-order valence-corrected chi connectivity index (χ3v) is 6.16. The largest absolute Gasteiger partial charge is 0.444 e. The first kappa shape index (κ1) is 32.6. The molecule has 0 aliphatic heterocycles. The average Bonchev–Trinajstić information content (AvgIpc) is 2.86. The molecule has 0 aliphatic carbocycles. The summed E-state index contributed by atoms with van der Waals surface area (Å²) in [7, 11) is -4.41. The van der Waals surface area contributed by atoms with Gasteiger partial charge in [0.1, 0.15) is 11.6 Å². The van der Waals surface area contributed by atoms with Crippen LogP contribution in [0, 0.1) is 0 Å². The summed E-state index contributed by atoms with van der Waals surface area (Å²) in [6.07, 6.45) is 2.30. The van der Waals surface area contributed by atoms with Crippen LogP contribution in [0.2, 0.25) is 0 Å². The Hall–Kier alpha value is -3.64. The second-order valence-corrected chi connectivity index (χ2v) is 11.5. The zero-order valence-corrected chi connectivity index (χ0v) is 24.3. The van der Waals surface area contributed by atoms with E-state index in [-0.39, 0.29) is 25.1 Å². The number of hydrogen-bond acceptors (Lipinski definition) is 6. The van der Waals surface area contributed by atoms with Crippen molar-refractivity contribution in [3.63, 3.8) is 0 Å². The molecular formula is C28H40N4O7S. The summed E-state index contributed by atoms with van der Waals surface area (Å²) in [4.78, 5) is 40.7. The molecule has 4 amide bonds. The number of anilines is 1. The molecule has 0 heterocycles. The molecule has 0 aliphatic rings. The highest BCUT2D eigenvalue weighted by Crippen LogP contribution is 2.14. The summed E-state index contributed by atoms with van der Waals surface area (Å²) in [5.74, 6) is -0.590. The van der Waals surface area contributed by atoms with Crippen molar-refractivity contribution in [2.75, 3.05) is 17.8 Å². The molecule has 0 radical (unpaired) electrons. The standard InChI is InChI=1S/C28H40N4O7S/c1-5-6-10-18-29-26(34)32(19-17-21-13-15-23(16-14-21)31-40(36,37)38)25(33)24(20-22-11-8-7-9-12-22)30-27(35)39-28(2,3)4/h7-9,11-16,24,31H,5-6,10,17-20H2,1-4H3,(H,29,34)(H,30,35)(H,36,37,38). The molecule has 0 aromatic heterocycles. The lowest BCUT2D eigenvalue weighted by atomic mass is 10.0. The van der Waals surface area contributed by atoms with Gasteiger partial charge in [0.15, 0.2) is 0 Å². The summed E-state index contributed by atoms with van der Waals surface area (Å²) in [5, 5.41) is 5.44. The number of ether oxygens (including phenoxy) is 1. The number of benzene rings is 2. The van der Waals surface area contributed by atoms with Crippen molar-refractivity contribution in [3.8, 4) is 0 Å². The maximum Gasteiger partial charge on any atom is 0.408 e. The highest BCUT2D eigenvalue weighted by atomic mass is 32.2. The Morgan fingerprint density at radius 3 is 2.20 bits per heavy atom. The predicted molar refractivity (Wildman–Crippen MR) is 153 cm³/mol. The first-order valence-corrected chi connectivity index (χ1v) is 14.7. The van der Waals surface area contributed by atoms with Crippen LogP contribution < -0.4 is 15.4 Å². The van der Waals surface area contributed by atoms with Crippen molar-refractivity contribution in [1.82, 2.24) is 15.5 Å². The Kier molecular flexibility index (Phi) is 12.4. The number of urea groups is 1. The lowest BCUT2D eigenvalue weighted by molar-refractivity contribution is -0.130. The first-order valence-electron chi connectivity index (χ1n) is 13.2. The fourth-order valence-corrected chi connectivity index (χ4v) is 4.23. The van der Waals surface area contributed by atoms with Crippen molar-refractivity contribution < 1.29 is 32.1 Å². The molecule has 0 saturated heterocycles. The molecule has 4 N–H and O–H groups in total. The zero-order valence-electron chi connectivity index (χ0n) is 23.5. The second kappa shape index (κ2) is 15.2. The number of alkyl carbamates (subject to hydrolysis) is 1. The molecule has 11 nitrogen and oxygen atoms in total. The van der Waals surface area contributed by atoms with Gasteiger partial charge in [0.25, 0.3) is 5.91 Å². The van der Waals surface area contributed by atoms with Crippen molar-refractivity contribution in [1.29, 1.82) is 0 Å². The van der Waals surface area contributed by atoms with Gasteiger partial charge in [0, 0.05) is 19.5 Å². The third-order valence-electron chi connectivity index (χ3n) is 5.66. The normalized spacial score (nSPS) is 12.2. The topological polar surface area (TPSA) is 154 Å². The minimum Gasteiger partial charge on any atom is -0.444 e. The van der Waals surface area contributed by atoms with Gasteiger partial charge in [-0.15, -0.1) is 0 Å². The van der Waals surface area contributed by atoms with Gasteiger partial charge in [-0.3, -0.25) is 19.0 Å². The van der Waals surface area contributed by atoms with E-state index in [1.807, 2.05) is 42.0 Å². The summed E-state index contributed by atoms with van der Waals surface area (Å²) in [5.41, 5.74) is 0.897. The highest BCUT2D eigenvalue weighted by Gasteiger charge is 2.31. The van der Waals surface area contributed by atoms with E-state index in [1.54, 1.807) is 32.9 Å². The predicted octanol–water partition coefficient (Wildman–Crippen LogP) is 4.31. The van der Waals surface area contributed by atoms with Crippen LogP contribution in [0.1, 0.15) is 58.1 Å². The van der Waals surface area contributed by atoms with Crippen LogP contribution in [0.25, 0.3) is 0 Å². The van der Waals surface area contributed by atoms with Crippen LogP contribution in [-0.2, 0) is 32.7 Å². The average molecular weight is 577 g/mol. The number of hydrogen-bond donors (Lipinski definition) is 4. The Bertz CT molecular complexity index is 1210. The minimum atomic E-state index is -4.41. The van der Waals surface area contributed by atoms with Gasteiger partial charge >= 0.3 is 22.4 Å². The van der Waals surface area contributed by atoms with Crippen LogP contribution in [0.5, 0.6) is 0 Å². The van der Waals surface area contributed by atoms with E-state index < -0.39 is 40.0 Å². The number of carbonyl (C=O) groups is 3. The summed E-state index contributed by atoms with van der Waals surface area (Å²) in [6, 6.07) is 13.7. The SMILES string of the molecule is CCCCCNC(=O)N(CCc1ccc(NS(=O)(=O)O)cc1)C(=O)C(Cc1ccccc1)NC(=O)OC(C)(C)C. The number of nitrogens with zero attached hydrogens (tertiary/aromatic N) is 1. The molecule has 1 atom stereocenters. The first-order chi connectivity index (χ1) is 18.8. The quantitative estimate of drug-likeness (QED) is 0.205. The Labute approximate surface area is 236 Å². The van der Waals surface area contributed by atoms with E-state index >= 15 is 0 Å². The highest BCUT2D eigenvalue weighted by molar-refractivity contribution is 7.87. The van der Waals surface area contributed by atoms with E-state index in [9.17, 15) is 22.8 Å². The molecule has 1 unspecified atom stereocenters. The van der Waals surface area contributed by atoms with Gasteiger partial charge in [-0.1, -0.05) is 62.2 Å². The molecule has 40 heavy (non-hydrogen) atoms. The van der Waals surface area contributed by atoms with Crippen molar-refractivity contribution in [2.45, 2.75) is 71.4 Å². The summed E-state index contributed by atoms with van der Waals surface area (Å²) >= 11 is 0. The van der Waals surface area contributed by atoms with Gasteiger partial charge in [-0.25, -0.2) is 9.59 Å². The van der Waals surface area contributed by atoms with E-state index in [4.69, 9.17) is 9.29 Å². The molecule has 2 rings (SSSR count). The van der Waals surface area contributed by atoms with Crippen LogP contribution in [0.15, 0.2) is 54.6 Å². The molecule has 220 valence electrons. The van der Waals surface area contributed by atoms with Crippen molar-refractivity contribution >= 4 is 34.0 Å². The molecule has 2 aromatic rings. The van der Waals surface area contributed by atoms with Gasteiger partial charge < -0.3 is 15.4 Å². The van der Waals surface area contributed by atoms with Gasteiger partial charge in [0.2, 0.25) is 0 Å².